The SMILES string of the molecule is CC1CC(C(=O)O)CN(S(=O)(=O)C2CCOC(C)C2)C1. The molecule has 6 nitrogen and oxygen atoms in total. The van der Waals surface area contributed by atoms with E-state index in [4.69, 9.17) is 9.84 Å². The predicted octanol–water partition coefficient (Wildman–Crippen LogP) is 0.926. The molecule has 2 heterocycles. The summed E-state index contributed by atoms with van der Waals surface area (Å²) in [6.07, 6.45) is 1.48. The Labute approximate surface area is 120 Å². The van der Waals surface area contributed by atoms with Gasteiger partial charge >= 0.3 is 5.97 Å². The summed E-state index contributed by atoms with van der Waals surface area (Å²) in [5, 5.41) is 8.71. The number of sulfonamides is 1. The minimum Gasteiger partial charge on any atom is -0.481 e. The van der Waals surface area contributed by atoms with Crippen molar-refractivity contribution in [3.05, 3.63) is 0 Å². The van der Waals surface area contributed by atoms with Crippen LogP contribution in [0, 0.1) is 11.8 Å². The quantitative estimate of drug-likeness (QED) is 0.838. The number of carboxylic acids is 1. The number of hydrogen-bond acceptors (Lipinski definition) is 4. The first-order valence-corrected chi connectivity index (χ1v) is 8.64. The molecular formula is C13H23NO5S. The molecule has 20 heavy (non-hydrogen) atoms. The topological polar surface area (TPSA) is 83.9 Å². The molecule has 0 radical (unpaired) electrons. The maximum Gasteiger partial charge on any atom is 0.307 e. The van der Waals surface area contributed by atoms with E-state index < -0.39 is 27.2 Å². The van der Waals surface area contributed by atoms with Crippen LogP contribution in [0.4, 0.5) is 0 Å². The number of carbonyl (C=O) groups is 1. The third kappa shape index (κ3) is 3.32. The molecule has 116 valence electrons. The lowest BCUT2D eigenvalue weighted by atomic mass is 9.92. The van der Waals surface area contributed by atoms with Crippen LogP contribution in [0.5, 0.6) is 0 Å². The third-order valence-electron chi connectivity index (χ3n) is 4.19. The van der Waals surface area contributed by atoms with Crippen molar-refractivity contribution in [2.75, 3.05) is 19.7 Å². The molecule has 0 bridgehead atoms. The normalized spacial score (nSPS) is 36.7. The van der Waals surface area contributed by atoms with E-state index >= 15 is 0 Å². The summed E-state index contributed by atoms with van der Waals surface area (Å²) in [7, 11) is -3.43. The number of rotatable bonds is 3. The van der Waals surface area contributed by atoms with Gasteiger partial charge in [0.1, 0.15) is 0 Å². The highest BCUT2D eigenvalue weighted by molar-refractivity contribution is 7.89. The number of hydrogen-bond donors (Lipinski definition) is 1. The molecule has 0 aromatic carbocycles. The molecule has 1 N–H and O–H groups in total. The van der Waals surface area contributed by atoms with Crippen molar-refractivity contribution < 1.29 is 23.1 Å². The molecule has 7 heteroatoms. The van der Waals surface area contributed by atoms with Crippen molar-refractivity contribution in [3.63, 3.8) is 0 Å². The molecule has 2 aliphatic heterocycles. The molecule has 0 aromatic rings. The van der Waals surface area contributed by atoms with E-state index in [1.165, 1.54) is 4.31 Å². The zero-order chi connectivity index (χ0) is 14.9. The van der Waals surface area contributed by atoms with Gasteiger partial charge in [-0.25, -0.2) is 12.7 Å². The van der Waals surface area contributed by atoms with Crippen molar-refractivity contribution in [1.29, 1.82) is 0 Å². The van der Waals surface area contributed by atoms with Gasteiger partial charge in [0.05, 0.1) is 17.3 Å². The third-order valence-corrected chi connectivity index (χ3v) is 6.48. The number of aliphatic carboxylic acids is 1. The van der Waals surface area contributed by atoms with Gasteiger partial charge in [0, 0.05) is 19.7 Å². The summed E-state index contributed by atoms with van der Waals surface area (Å²) in [6.45, 7) is 4.77. The van der Waals surface area contributed by atoms with Crippen LogP contribution in [0.15, 0.2) is 0 Å². The van der Waals surface area contributed by atoms with Crippen LogP contribution in [-0.4, -0.2) is 54.8 Å². The molecule has 2 rings (SSSR count). The summed E-state index contributed by atoms with van der Waals surface area (Å²) in [6, 6.07) is 0. The lowest BCUT2D eigenvalue weighted by molar-refractivity contribution is -0.143. The zero-order valence-corrected chi connectivity index (χ0v) is 12.8. The smallest absolute Gasteiger partial charge is 0.307 e. The fourth-order valence-corrected chi connectivity index (χ4v) is 5.31. The standard InChI is InChI=1S/C13H23NO5S/c1-9-5-11(13(15)16)8-14(7-9)20(17,18)12-3-4-19-10(2)6-12/h9-12H,3-8H2,1-2H3,(H,15,16). The van der Waals surface area contributed by atoms with Crippen molar-refractivity contribution in [3.8, 4) is 0 Å². The van der Waals surface area contributed by atoms with Crippen LogP contribution in [-0.2, 0) is 19.6 Å². The van der Waals surface area contributed by atoms with Gasteiger partial charge in [-0.3, -0.25) is 4.79 Å². The molecule has 0 aromatic heterocycles. The Kier molecular flexibility index (Phi) is 4.71. The van der Waals surface area contributed by atoms with Crippen molar-refractivity contribution in [2.24, 2.45) is 11.8 Å². The molecule has 4 atom stereocenters. The van der Waals surface area contributed by atoms with Gasteiger partial charge in [-0.05, 0) is 32.1 Å². The highest BCUT2D eigenvalue weighted by atomic mass is 32.2. The van der Waals surface area contributed by atoms with Gasteiger partial charge in [0.25, 0.3) is 0 Å². The molecule has 4 unspecified atom stereocenters. The average Bonchev–Trinajstić information content (AvgIpc) is 2.38. The summed E-state index contributed by atoms with van der Waals surface area (Å²) < 4.78 is 32.1. The van der Waals surface area contributed by atoms with E-state index in [2.05, 4.69) is 0 Å². The largest absolute Gasteiger partial charge is 0.481 e. The van der Waals surface area contributed by atoms with Crippen LogP contribution >= 0.6 is 0 Å². The van der Waals surface area contributed by atoms with Gasteiger partial charge in [0.15, 0.2) is 0 Å². The van der Waals surface area contributed by atoms with Crippen LogP contribution in [0.3, 0.4) is 0 Å². The summed E-state index contributed by atoms with van der Waals surface area (Å²) in [5.41, 5.74) is 0. The molecule has 0 aliphatic carbocycles. The van der Waals surface area contributed by atoms with E-state index in [1.54, 1.807) is 0 Å². The monoisotopic (exact) mass is 305 g/mol. The fourth-order valence-electron chi connectivity index (χ4n) is 3.13. The highest BCUT2D eigenvalue weighted by Crippen LogP contribution is 2.29. The van der Waals surface area contributed by atoms with Crippen molar-refractivity contribution >= 4 is 16.0 Å². The molecule has 2 fully saturated rings. The molecule has 2 aliphatic rings. The van der Waals surface area contributed by atoms with Crippen LogP contribution in [0.1, 0.15) is 33.1 Å². The molecular weight excluding hydrogens is 282 g/mol. The van der Waals surface area contributed by atoms with Crippen molar-refractivity contribution in [2.45, 2.75) is 44.5 Å². The maximum absolute atomic E-state index is 12.7. The van der Waals surface area contributed by atoms with E-state index in [0.29, 0.717) is 32.4 Å². The van der Waals surface area contributed by atoms with Gasteiger partial charge in [-0.1, -0.05) is 6.92 Å². The van der Waals surface area contributed by atoms with Crippen LogP contribution < -0.4 is 0 Å². The van der Waals surface area contributed by atoms with Crippen molar-refractivity contribution in [1.82, 2.24) is 4.31 Å². The Morgan fingerprint density at radius 2 is 1.95 bits per heavy atom. The van der Waals surface area contributed by atoms with Gasteiger partial charge in [0.2, 0.25) is 10.0 Å². The number of ether oxygens (including phenoxy) is 1. The van der Waals surface area contributed by atoms with E-state index in [1.807, 2.05) is 13.8 Å². The van der Waals surface area contributed by atoms with Gasteiger partial charge in [-0.15, -0.1) is 0 Å². The van der Waals surface area contributed by atoms with Gasteiger partial charge < -0.3 is 9.84 Å². The maximum atomic E-state index is 12.7. The Hall–Kier alpha value is -0.660. The Balaban J connectivity index is 2.13. The van der Waals surface area contributed by atoms with E-state index in [9.17, 15) is 13.2 Å². The van der Waals surface area contributed by atoms with Crippen LogP contribution in [0.25, 0.3) is 0 Å². The lowest BCUT2D eigenvalue weighted by Gasteiger charge is -2.37. The second kappa shape index (κ2) is 5.99. The Morgan fingerprint density at radius 1 is 1.25 bits per heavy atom. The van der Waals surface area contributed by atoms with E-state index in [-0.39, 0.29) is 18.6 Å². The Bertz CT molecular complexity index is 463. The predicted molar refractivity (Wildman–Crippen MR) is 73.8 cm³/mol. The molecule has 2 saturated heterocycles. The Morgan fingerprint density at radius 3 is 2.55 bits per heavy atom. The number of piperidine rings is 1. The van der Waals surface area contributed by atoms with E-state index in [0.717, 1.165) is 0 Å². The second-order valence-corrected chi connectivity index (χ2v) is 8.28. The average molecular weight is 305 g/mol. The minimum absolute atomic E-state index is 0.0546. The molecule has 0 spiro atoms. The fraction of sp³-hybridized carbons (Fsp3) is 0.923. The second-order valence-electron chi connectivity index (χ2n) is 6.07. The number of nitrogens with zero attached hydrogens (tertiary/aromatic N) is 1. The molecule has 0 saturated carbocycles. The van der Waals surface area contributed by atoms with Gasteiger partial charge in [-0.2, -0.15) is 0 Å². The first-order chi connectivity index (χ1) is 9.30. The summed E-state index contributed by atoms with van der Waals surface area (Å²) >= 11 is 0. The summed E-state index contributed by atoms with van der Waals surface area (Å²) in [4.78, 5) is 11.2. The zero-order valence-electron chi connectivity index (χ0n) is 12.0. The lowest BCUT2D eigenvalue weighted by Crippen LogP contribution is -2.50. The summed E-state index contributed by atoms with van der Waals surface area (Å²) in [5.74, 6) is -1.42. The first-order valence-electron chi connectivity index (χ1n) is 7.14. The minimum atomic E-state index is -3.43. The molecule has 0 amide bonds. The van der Waals surface area contributed by atoms with Crippen LogP contribution in [0.2, 0.25) is 0 Å². The first kappa shape index (κ1) is 15.7. The number of carboxylic acid groups (broad SMARTS) is 1. The highest BCUT2D eigenvalue weighted by Gasteiger charge is 2.40.